The average Bonchev–Trinajstić information content (AvgIpc) is 4.12. The molecule has 0 radical (unpaired) electrons. The minimum Gasteiger partial charge on any atom is -0.310 e. The highest BCUT2D eigenvalue weighted by atomic mass is 32.1. The van der Waals surface area contributed by atoms with E-state index >= 15 is 0 Å². The zero-order valence-electron chi connectivity index (χ0n) is 39.1. The van der Waals surface area contributed by atoms with Gasteiger partial charge in [0, 0.05) is 48.1 Å². The lowest BCUT2D eigenvalue weighted by Crippen LogP contribution is -2.26. The van der Waals surface area contributed by atoms with Crippen LogP contribution in [0.3, 0.4) is 0 Å². The zero-order chi connectivity index (χ0) is 46.0. The summed E-state index contributed by atoms with van der Waals surface area (Å²) in [7, 11) is 0. The summed E-state index contributed by atoms with van der Waals surface area (Å²) >= 11 is 1.92. The van der Waals surface area contributed by atoms with Crippen LogP contribution < -0.4 is 4.90 Å². The zero-order valence-corrected chi connectivity index (χ0v) is 39.9. The minimum absolute atomic E-state index is 0.152. The number of hydrogen-bond donors (Lipinski definition) is 0. The molecule has 326 valence electrons. The number of thiophene rings is 1. The first-order chi connectivity index (χ1) is 33.7. The van der Waals surface area contributed by atoms with Gasteiger partial charge in [0.15, 0.2) is 0 Å². The number of rotatable bonds is 4. The smallest absolute Gasteiger partial charge is 0.0726 e. The van der Waals surface area contributed by atoms with E-state index in [-0.39, 0.29) is 10.8 Å². The Hall–Kier alpha value is -7.78. The molecule has 15 rings (SSSR count). The molecule has 69 heavy (non-hydrogen) atoms. The SMILES string of the molecule is CC1(C)c2ccccc2-c2ccc(N(c3ccc4c(c3)-c3c(cc5sc6ccccc6c5c3-c3ccccc3)C43c4ccccc4-c4ccccc43)c3ccc4c(c3)C(C)(C)c3ccccc3-4)cc21. The van der Waals surface area contributed by atoms with Crippen LogP contribution in [0.4, 0.5) is 17.1 Å². The molecule has 2 heteroatoms. The molecule has 0 saturated carbocycles. The number of nitrogens with zero attached hydrogens (tertiary/aromatic N) is 1. The van der Waals surface area contributed by atoms with E-state index in [1.165, 1.54) is 120 Å². The van der Waals surface area contributed by atoms with Crippen LogP contribution in [0.5, 0.6) is 0 Å². The van der Waals surface area contributed by atoms with Crippen molar-refractivity contribution < 1.29 is 0 Å². The Morgan fingerprint density at radius 1 is 0.319 bits per heavy atom. The maximum atomic E-state index is 2.58. The van der Waals surface area contributed by atoms with Crippen molar-refractivity contribution in [2.45, 2.75) is 43.9 Å². The maximum absolute atomic E-state index is 2.58. The highest BCUT2D eigenvalue weighted by Gasteiger charge is 2.53. The predicted molar refractivity (Wildman–Crippen MR) is 291 cm³/mol. The van der Waals surface area contributed by atoms with Crippen molar-refractivity contribution in [1.29, 1.82) is 0 Å². The molecule has 1 nitrogen and oxygen atoms in total. The van der Waals surface area contributed by atoms with E-state index in [2.05, 4.69) is 245 Å². The molecule has 0 saturated heterocycles. The quantitative estimate of drug-likeness (QED) is 0.170. The molecule has 0 atom stereocenters. The Morgan fingerprint density at radius 2 is 0.768 bits per heavy atom. The molecule has 1 spiro atoms. The summed E-state index contributed by atoms with van der Waals surface area (Å²) in [5.41, 5.74) is 26.7. The van der Waals surface area contributed by atoms with E-state index < -0.39 is 5.41 Å². The van der Waals surface area contributed by atoms with Gasteiger partial charge in [0.25, 0.3) is 0 Å². The van der Waals surface area contributed by atoms with Gasteiger partial charge in [-0.2, -0.15) is 0 Å². The molecular weight excluding hydrogens is 851 g/mol. The Balaban J connectivity index is 1.05. The van der Waals surface area contributed by atoms with E-state index in [0.29, 0.717) is 0 Å². The topological polar surface area (TPSA) is 3.24 Å². The Labute approximate surface area is 407 Å². The molecule has 0 unspecified atom stereocenters. The third-order valence-electron chi connectivity index (χ3n) is 16.7. The summed E-state index contributed by atoms with van der Waals surface area (Å²) in [4.78, 5) is 2.56. The number of benzene rings is 10. The van der Waals surface area contributed by atoms with Crippen LogP contribution in [0.2, 0.25) is 0 Å². The fourth-order valence-electron chi connectivity index (χ4n) is 13.6. The fraction of sp³-hybridized carbons (Fsp3) is 0.104. The first kappa shape index (κ1) is 39.2. The number of fused-ring (bicyclic) bond motifs is 19. The van der Waals surface area contributed by atoms with Gasteiger partial charge in [0.1, 0.15) is 0 Å². The Kier molecular flexibility index (Phi) is 7.78. The van der Waals surface area contributed by atoms with Crippen LogP contribution in [-0.4, -0.2) is 0 Å². The molecule has 0 bridgehead atoms. The van der Waals surface area contributed by atoms with Crippen molar-refractivity contribution >= 4 is 48.6 Å². The van der Waals surface area contributed by atoms with Gasteiger partial charge in [-0.3, -0.25) is 0 Å². The molecule has 0 N–H and O–H groups in total. The summed E-state index contributed by atoms with van der Waals surface area (Å²) in [5.74, 6) is 0. The van der Waals surface area contributed by atoms with Crippen LogP contribution in [0.15, 0.2) is 212 Å². The summed E-state index contributed by atoms with van der Waals surface area (Å²) in [6.45, 7) is 9.57. The first-order valence-electron chi connectivity index (χ1n) is 24.4. The second-order valence-corrected chi connectivity index (χ2v) is 21.8. The molecule has 0 aliphatic heterocycles. The van der Waals surface area contributed by atoms with E-state index in [1.54, 1.807) is 0 Å². The van der Waals surface area contributed by atoms with Gasteiger partial charge in [-0.15, -0.1) is 11.3 Å². The van der Waals surface area contributed by atoms with Crippen molar-refractivity contribution in [3.05, 3.63) is 257 Å². The molecule has 4 aliphatic rings. The molecule has 10 aromatic carbocycles. The van der Waals surface area contributed by atoms with Crippen molar-refractivity contribution in [3.8, 4) is 55.6 Å². The monoisotopic (exact) mass is 897 g/mol. The minimum atomic E-state index is -0.512. The van der Waals surface area contributed by atoms with Gasteiger partial charge in [-0.1, -0.05) is 191 Å². The highest BCUT2D eigenvalue weighted by molar-refractivity contribution is 7.26. The van der Waals surface area contributed by atoms with Crippen LogP contribution in [0.25, 0.3) is 75.8 Å². The molecule has 0 fully saturated rings. The van der Waals surface area contributed by atoms with Crippen molar-refractivity contribution in [2.75, 3.05) is 4.90 Å². The van der Waals surface area contributed by atoms with Crippen molar-refractivity contribution in [2.24, 2.45) is 0 Å². The van der Waals surface area contributed by atoms with Gasteiger partial charge >= 0.3 is 0 Å². The average molecular weight is 898 g/mol. The van der Waals surface area contributed by atoms with Gasteiger partial charge in [-0.05, 0) is 149 Å². The molecule has 1 heterocycles. The molecule has 1 aromatic heterocycles. The number of anilines is 3. The molecule has 0 amide bonds. The third-order valence-corrected chi connectivity index (χ3v) is 17.8. The summed E-state index contributed by atoms with van der Waals surface area (Å²) in [6.07, 6.45) is 0. The standard InChI is InChI=1S/C67H47NS/c1-65(2)52-25-13-8-20-44(52)48-33-30-42(37-57(48)65)68(43-31-34-49-45-21-9-14-26-53(45)66(3,4)58(49)38-43)41-32-35-56-51(36-41)63-59(67(56)54-27-15-10-22-46(54)47-23-11-16-28-55(47)67)39-61-64(50-24-12-17-29-60(50)69-61)62(63)40-18-6-5-7-19-40/h5-39H,1-4H3. The lowest BCUT2D eigenvalue weighted by atomic mass is 9.70. The maximum Gasteiger partial charge on any atom is 0.0726 e. The Bertz CT molecular complexity index is 3880. The predicted octanol–water partition coefficient (Wildman–Crippen LogP) is 18.1. The third kappa shape index (κ3) is 4.99. The molecule has 11 aromatic rings. The second-order valence-electron chi connectivity index (χ2n) is 20.7. The fourth-order valence-corrected chi connectivity index (χ4v) is 14.8. The lowest BCUT2D eigenvalue weighted by molar-refractivity contribution is 0.660. The molecular formula is C67H47NS. The van der Waals surface area contributed by atoms with E-state index in [4.69, 9.17) is 0 Å². The van der Waals surface area contributed by atoms with Gasteiger partial charge in [0.2, 0.25) is 0 Å². The van der Waals surface area contributed by atoms with E-state index in [1.807, 2.05) is 11.3 Å². The lowest BCUT2D eigenvalue weighted by Gasteiger charge is -2.32. The summed E-state index contributed by atoms with van der Waals surface area (Å²) in [5, 5.41) is 2.65. The molecule has 4 aliphatic carbocycles. The van der Waals surface area contributed by atoms with Crippen LogP contribution in [0.1, 0.15) is 72.2 Å². The van der Waals surface area contributed by atoms with Crippen LogP contribution in [0, 0.1) is 0 Å². The van der Waals surface area contributed by atoms with Crippen molar-refractivity contribution in [3.63, 3.8) is 0 Å². The van der Waals surface area contributed by atoms with Crippen LogP contribution in [-0.2, 0) is 16.2 Å². The van der Waals surface area contributed by atoms with E-state index in [9.17, 15) is 0 Å². The largest absolute Gasteiger partial charge is 0.310 e. The van der Waals surface area contributed by atoms with Crippen molar-refractivity contribution in [1.82, 2.24) is 0 Å². The Morgan fingerprint density at radius 3 is 1.36 bits per heavy atom. The van der Waals surface area contributed by atoms with Crippen LogP contribution >= 0.6 is 11.3 Å². The first-order valence-corrected chi connectivity index (χ1v) is 25.2. The van der Waals surface area contributed by atoms with Gasteiger partial charge < -0.3 is 4.90 Å². The number of hydrogen-bond acceptors (Lipinski definition) is 2. The normalized spacial score (nSPS) is 15.3. The van der Waals surface area contributed by atoms with Gasteiger partial charge in [-0.25, -0.2) is 0 Å². The second kappa shape index (κ2) is 13.7. The van der Waals surface area contributed by atoms with Gasteiger partial charge in [0.05, 0.1) is 5.41 Å². The van der Waals surface area contributed by atoms with E-state index in [0.717, 1.165) is 17.1 Å². The highest BCUT2D eigenvalue weighted by Crippen LogP contribution is 2.66. The summed E-state index contributed by atoms with van der Waals surface area (Å²) in [6, 6.07) is 81.2. The summed E-state index contributed by atoms with van der Waals surface area (Å²) < 4.78 is 2.64.